The summed E-state index contributed by atoms with van der Waals surface area (Å²) in [6, 6.07) is 18.4. The van der Waals surface area contributed by atoms with Gasteiger partial charge in [-0.2, -0.15) is 0 Å². The van der Waals surface area contributed by atoms with Crippen LogP contribution < -0.4 is 9.62 Å². The van der Waals surface area contributed by atoms with E-state index in [0.717, 1.165) is 11.3 Å². The summed E-state index contributed by atoms with van der Waals surface area (Å²) in [4.78, 5) is 14.8. The Morgan fingerprint density at radius 2 is 1.77 bits per heavy atom. The van der Waals surface area contributed by atoms with Gasteiger partial charge in [-0.3, -0.25) is 9.52 Å². The van der Waals surface area contributed by atoms with E-state index in [1.807, 2.05) is 25.1 Å². The highest BCUT2D eigenvalue weighted by Gasteiger charge is 2.32. The molecule has 5 nitrogen and oxygen atoms in total. The molecule has 0 spiro atoms. The van der Waals surface area contributed by atoms with Crippen molar-refractivity contribution >= 4 is 50.5 Å². The fraction of sp³-hybridized carbons (Fsp3) is 0.136. The van der Waals surface area contributed by atoms with Crippen molar-refractivity contribution in [1.82, 2.24) is 0 Å². The van der Waals surface area contributed by atoms with Gasteiger partial charge in [0.15, 0.2) is 0 Å². The second kappa shape index (κ2) is 7.95. The summed E-state index contributed by atoms with van der Waals surface area (Å²) in [6.07, 6.45) is 0.565. The lowest BCUT2D eigenvalue weighted by molar-refractivity contribution is 0.0981. The molecule has 0 bridgehead atoms. The van der Waals surface area contributed by atoms with Gasteiger partial charge >= 0.3 is 0 Å². The third-order valence-corrected chi connectivity index (χ3v) is 7.19. The highest BCUT2D eigenvalue weighted by Crippen LogP contribution is 2.36. The average molecular weight is 461 g/mol. The molecule has 3 aromatic rings. The van der Waals surface area contributed by atoms with Crippen molar-refractivity contribution in [3.8, 4) is 0 Å². The van der Waals surface area contributed by atoms with Gasteiger partial charge in [0, 0.05) is 17.3 Å². The molecule has 0 aromatic heterocycles. The van der Waals surface area contributed by atoms with Gasteiger partial charge in [-0.05, 0) is 61.4 Å². The van der Waals surface area contributed by atoms with Gasteiger partial charge in [0.1, 0.15) is 0 Å². The summed E-state index contributed by atoms with van der Waals surface area (Å²) in [7, 11) is -3.88. The molecular formula is C22H18Cl2N2O3S. The maximum absolute atomic E-state index is 13.0. The Kier molecular flexibility index (Phi) is 5.49. The summed E-state index contributed by atoms with van der Waals surface area (Å²) in [6.45, 7) is 1.94. The molecule has 0 aliphatic carbocycles. The first-order valence-electron chi connectivity index (χ1n) is 9.26. The maximum Gasteiger partial charge on any atom is 0.261 e. The minimum absolute atomic E-state index is 0.0824. The molecule has 1 aliphatic heterocycles. The van der Waals surface area contributed by atoms with Gasteiger partial charge in [0.05, 0.1) is 20.6 Å². The minimum atomic E-state index is -3.88. The first kappa shape index (κ1) is 20.7. The molecule has 0 fully saturated rings. The normalized spacial score (nSPS) is 15.7. The van der Waals surface area contributed by atoms with E-state index in [2.05, 4.69) is 4.72 Å². The van der Waals surface area contributed by atoms with E-state index in [-0.39, 0.29) is 32.6 Å². The number of hydrogen-bond donors (Lipinski definition) is 1. The third-order valence-electron chi connectivity index (χ3n) is 5.01. The van der Waals surface area contributed by atoms with Crippen molar-refractivity contribution in [1.29, 1.82) is 0 Å². The minimum Gasteiger partial charge on any atom is -0.305 e. The number of nitrogens with one attached hydrogen (secondary N) is 1. The van der Waals surface area contributed by atoms with E-state index in [0.29, 0.717) is 12.0 Å². The molecule has 0 radical (unpaired) electrons. The highest BCUT2D eigenvalue weighted by molar-refractivity contribution is 7.92. The number of carbonyl (C=O) groups excluding carboxylic acids is 1. The number of halogens is 2. The van der Waals surface area contributed by atoms with Crippen molar-refractivity contribution in [2.24, 2.45) is 0 Å². The molecule has 1 N–H and O–H groups in total. The Morgan fingerprint density at radius 1 is 1.03 bits per heavy atom. The molecule has 30 heavy (non-hydrogen) atoms. The average Bonchev–Trinajstić information content (AvgIpc) is 3.06. The van der Waals surface area contributed by atoms with Crippen LogP contribution in [-0.4, -0.2) is 20.4 Å². The van der Waals surface area contributed by atoms with Crippen LogP contribution in [0.25, 0.3) is 0 Å². The predicted octanol–water partition coefficient (Wildman–Crippen LogP) is 5.39. The molecule has 1 heterocycles. The lowest BCUT2D eigenvalue weighted by atomic mass is 10.1. The fourth-order valence-electron chi connectivity index (χ4n) is 3.59. The number of anilines is 2. The van der Waals surface area contributed by atoms with Crippen LogP contribution in [0, 0.1) is 0 Å². The number of carbonyl (C=O) groups is 1. The van der Waals surface area contributed by atoms with Gasteiger partial charge in [0.2, 0.25) is 0 Å². The quantitative estimate of drug-likeness (QED) is 0.567. The number of sulfonamides is 1. The Hall–Kier alpha value is -2.54. The predicted molar refractivity (Wildman–Crippen MR) is 120 cm³/mol. The lowest BCUT2D eigenvalue weighted by Crippen LogP contribution is -2.35. The van der Waals surface area contributed by atoms with Crippen LogP contribution in [0.15, 0.2) is 71.6 Å². The van der Waals surface area contributed by atoms with Crippen molar-refractivity contribution in [3.05, 3.63) is 87.9 Å². The van der Waals surface area contributed by atoms with Crippen molar-refractivity contribution < 1.29 is 13.2 Å². The molecule has 1 aliphatic rings. The van der Waals surface area contributed by atoms with Crippen LogP contribution in [0.4, 0.5) is 11.4 Å². The maximum atomic E-state index is 13.0. The Bertz CT molecular complexity index is 1230. The van der Waals surface area contributed by atoms with Crippen LogP contribution in [0.1, 0.15) is 22.8 Å². The fourth-order valence-corrected chi connectivity index (χ4v) is 5.12. The number of fused-ring (bicyclic) bond motifs is 1. The Morgan fingerprint density at radius 3 is 2.50 bits per heavy atom. The molecule has 8 heteroatoms. The second-order valence-corrected chi connectivity index (χ2v) is 9.56. The molecule has 0 saturated heterocycles. The SMILES string of the molecule is C[C@H]1Cc2cc(S(=O)(=O)Nc3cccc(Cl)c3Cl)ccc2N1C(=O)c1ccccc1. The largest absolute Gasteiger partial charge is 0.305 e. The molecule has 4 rings (SSSR count). The van der Waals surface area contributed by atoms with Crippen LogP contribution in [-0.2, 0) is 16.4 Å². The summed E-state index contributed by atoms with van der Waals surface area (Å²) in [5.41, 5.74) is 2.31. The Balaban J connectivity index is 1.65. The van der Waals surface area contributed by atoms with Crippen LogP contribution in [0.5, 0.6) is 0 Å². The summed E-state index contributed by atoms with van der Waals surface area (Å²) in [5.74, 6) is -0.110. The molecule has 1 amide bonds. The van der Waals surface area contributed by atoms with Gasteiger partial charge in [0.25, 0.3) is 15.9 Å². The lowest BCUT2D eigenvalue weighted by Gasteiger charge is -2.23. The number of amides is 1. The van der Waals surface area contributed by atoms with E-state index >= 15 is 0 Å². The number of hydrogen-bond acceptors (Lipinski definition) is 3. The number of nitrogens with zero attached hydrogens (tertiary/aromatic N) is 1. The smallest absolute Gasteiger partial charge is 0.261 e. The summed E-state index contributed by atoms with van der Waals surface area (Å²) in [5, 5.41) is 0.395. The van der Waals surface area contributed by atoms with Gasteiger partial charge in [-0.15, -0.1) is 0 Å². The van der Waals surface area contributed by atoms with Gasteiger partial charge in [-0.25, -0.2) is 8.42 Å². The van der Waals surface area contributed by atoms with Crippen molar-refractivity contribution in [2.45, 2.75) is 24.3 Å². The monoisotopic (exact) mass is 460 g/mol. The van der Waals surface area contributed by atoms with E-state index in [9.17, 15) is 13.2 Å². The number of rotatable bonds is 4. The highest BCUT2D eigenvalue weighted by atomic mass is 35.5. The standard InChI is InChI=1S/C22H18Cl2N2O3S/c1-14-12-16-13-17(30(28,29)25-19-9-5-8-18(23)21(19)24)10-11-20(16)26(14)22(27)15-6-3-2-4-7-15/h2-11,13-14,25H,12H2,1H3/t14-/m0/s1. The zero-order chi connectivity index (χ0) is 21.5. The van der Waals surface area contributed by atoms with E-state index in [1.165, 1.54) is 6.07 Å². The van der Waals surface area contributed by atoms with Gasteiger partial charge in [-0.1, -0.05) is 47.5 Å². The first-order chi connectivity index (χ1) is 14.3. The molecule has 154 valence electrons. The van der Waals surface area contributed by atoms with Crippen LogP contribution >= 0.6 is 23.2 Å². The van der Waals surface area contributed by atoms with Crippen molar-refractivity contribution in [3.63, 3.8) is 0 Å². The van der Waals surface area contributed by atoms with Crippen LogP contribution in [0.3, 0.4) is 0 Å². The van der Waals surface area contributed by atoms with E-state index in [1.54, 1.807) is 47.4 Å². The van der Waals surface area contributed by atoms with Crippen molar-refractivity contribution in [2.75, 3.05) is 9.62 Å². The molecule has 0 saturated carbocycles. The summed E-state index contributed by atoms with van der Waals surface area (Å²) < 4.78 is 28.3. The topological polar surface area (TPSA) is 66.5 Å². The van der Waals surface area contributed by atoms with E-state index < -0.39 is 10.0 Å². The van der Waals surface area contributed by atoms with Crippen LogP contribution in [0.2, 0.25) is 10.0 Å². The van der Waals surface area contributed by atoms with Gasteiger partial charge < -0.3 is 4.90 Å². The molecule has 1 atom stereocenters. The summed E-state index contributed by atoms with van der Waals surface area (Å²) >= 11 is 12.1. The second-order valence-electron chi connectivity index (χ2n) is 7.09. The zero-order valence-electron chi connectivity index (χ0n) is 16.0. The Labute approximate surface area is 185 Å². The first-order valence-corrected chi connectivity index (χ1v) is 11.5. The molecule has 3 aromatic carbocycles. The van der Waals surface area contributed by atoms with E-state index in [4.69, 9.17) is 23.2 Å². The number of benzene rings is 3. The third kappa shape index (κ3) is 3.78. The zero-order valence-corrected chi connectivity index (χ0v) is 18.3. The molecule has 0 unspecified atom stereocenters. The molecular weight excluding hydrogens is 443 g/mol.